The first kappa shape index (κ1) is 16.6. The Kier molecular flexibility index (Phi) is 5.41. The summed E-state index contributed by atoms with van der Waals surface area (Å²) in [5.74, 6) is 1.21. The zero-order valence-electron chi connectivity index (χ0n) is 13.7. The van der Waals surface area contributed by atoms with Gasteiger partial charge in [0.15, 0.2) is 0 Å². The molecular weight excluding hydrogens is 294 g/mol. The van der Waals surface area contributed by atoms with Gasteiger partial charge in [-0.05, 0) is 30.7 Å². The average molecular weight is 315 g/mol. The standard InChI is InChI=1S/C17H21N3O3/c1-12(13-6-5-9-18-11-13)20(2)17(21)19-15-10-14(22-3)7-8-16(15)23-4/h5-12H,1-4H3,(H,19,21)/t12-/m1/s1. The van der Waals surface area contributed by atoms with Crippen LogP contribution in [0.5, 0.6) is 11.5 Å². The molecule has 0 fully saturated rings. The Morgan fingerprint density at radius 3 is 2.65 bits per heavy atom. The van der Waals surface area contributed by atoms with Gasteiger partial charge in [-0.15, -0.1) is 0 Å². The second kappa shape index (κ2) is 7.49. The second-order valence-corrected chi connectivity index (χ2v) is 5.07. The number of nitrogens with zero attached hydrogens (tertiary/aromatic N) is 2. The van der Waals surface area contributed by atoms with Crippen molar-refractivity contribution in [2.24, 2.45) is 0 Å². The molecule has 0 unspecified atom stereocenters. The van der Waals surface area contributed by atoms with Crippen molar-refractivity contribution in [3.8, 4) is 11.5 Å². The maximum absolute atomic E-state index is 12.5. The lowest BCUT2D eigenvalue weighted by Gasteiger charge is -2.25. The van der Waals surface area contributed by atoms with Crippen molar-refractivity contribution in [1.29, 1.82) is 0 Å². The quantitative estimate of drug-likeness (QED) is 0.919. The number of carbonyl (C=O) groups is 1. The van der Waals surface area contributed by atoms with Gasteiger partial charge in [0.05, 0.1) is 25.9 Å². The van der Waals surface area contributed by atoms with Crippen molar-refractivity contribution in [3.63, 3.8) is 0 Å². The van der Waals surface area contributed by atoms with E-state index in [1.807, 2.05) is 19.1 Å². The average Bonchev–Trinajstić information content (AvgIpc) is 2.61. The number of carbonyl (C=O) groups excluding carboxylic acids is 1. The van der Waals surface area contributed by atoms with E-state index in [9.17, 15) is 4.79 Å². The van der Waals surface area contributed by atoms with Crippen LogP contribution >= 0.6 is 0 Å². The summed E-state index contributed by atoms with van der Waals surface area (Å²) in [4.78, 5) is 18.2. The monoisotopic (exact) mass is 315 g/mol. The summed E-state index contributed by atoms with van der Waals surface area (Å²) in [5.41, 5.74) is 1.52. The molecule has 0 saturated heterocycles. The fourth-order valence-corrected chi connectivity index (χ4v) is 2.14. The van der Waals surface area contributed by atoms with Gasteiger partial charge in [0.25, 0.3) is 0 Å². The van der Waals surface area contributed by atoms with Crippen molar-refractivity contribution in [2.75, 3.05) is 26.6 Å². The molecule has 1 aromatic heterocycles. The molecule has 1 atom stereocenters. The topological polar surface area (TPSA) is 63.7 Å². The zero-order chi connectivity index (χ0) is 16.8. The molecule has 0 saturated carbocycles. The fourth-order valence-electron chi connectivity index (χ4n) is 2.14. The lowest BCUT2D eigenvalue weighted by Crippen LogP contribution is -2.33. The SMILES string of the molecule is COc1ccc(OC)c(NC(=O)N(C)[C@H](C)c2cccnc2)c1. The van der Waals surface area contributed by atoms with Gasteiger partial charge in [-0.25, -0.2) is 4.79 Å². The van der Waals surface area contributed by atoms with Crippen molar-refractivity contribution in [3.05, 3.63) is 48.3 Å². The minimum absolute atomic E-state index is 0.111. The molecule has 0 radical (unpaired) electrons. The Morgan fingerprint density at radius 1 is 1.26 bits per heavy atom. The molecule has 0 aliphatic carbocycles. The van der Waals surface area contributed by atoms with Crippen molar-refractivity contribution in [1.82, 2.24) is 9.88 Å². The zero-order valence-corrected chi connectivity index (χ0v) is 13.7. The van der Waals surface area contributed by atoms with Gasteiger partial charge in [0.2, 0.25) is 0 Å². The first-order valence-corrected chi connectivity index (χ1v) is 7.22. The highest BCUT2D eigenvalue weighted by Crippen LogP contribution is 2.29. The van der Waals surface area contributed by atoms with E-state index < -0.39 is 0 Å². The van der Waals surface area contributed by atoms with Gasteiger partial charge in [0, 0.05) is 25.5 Å². The smallest absolute Gasteiger partial charge is 0.322 e. The Hall–Kier alpha value is -2.76. The Balaban J connectivity index is 2.15. The molecule has 23 heavy (non-hydrogen) atoms. The summed E-state index contributed by atoms with van der Waals surface area (Å²) in [7, 11) is 4.86. The second-order valence-electron chi connectivity index (χ2n) is 5.07. The minimum Gasteiger partial charge on any atom is -0.497 e. The van der Waals surface area contributed by atoms with E-state index in [2.05, 4.69) is 10.3 Å². The summed E-state index contributed by atoms with van der Waals surface area (Å²) >= 11 is 0. The highest BCUT2D eigenvalue weighted by atomic mass is 16.5. The van der Waals surface area contributed by atoms with Crippen LogP contribution in [0.1, 0.15) is 18.5 Å². The van der Waals surface area contributed by atoms with Gasteiger partial charge < -0.3 is 19.7 Å². The number of aromatic nitrogens is 1. The Morgan fingerprint density at radius 2 is 2.04 bits per heavy atom. The summed E-state index contributed by atoms with van der Waals surface area (Å²) in [5, 5.41) is 2.85. The molecule has 1 aromatic carbocycles. The predicted octanol–water partition coefficient (Wildman–Crippen LogP) is 3.32. The number of pyridine rings is 1. The maximum atomic E-state index is 12.5. The summed E-state index contributed by atoms with van der Waals surface area (Å²) in [6.07, 6.45) is 3.46. The van der Waals surface area contributed by atoms with E-state index in [0.29, 0.717) is 17.2 Å². The third kappa shape index (κ3) is 3.91. The van der Waals surface area contributed by atoms with E-state index in [1.165, 1.54) is 0 Å². The molecule has 1 heterocycles. The van der Waals surface area contributed by atoms with Crippen LogP contribution in [-0.4, -0.2) is 37.2 Å². The summed E-state index contributed by atoms with van der Waals surface area (Å²) in [6, 6.07) is 8.68. The highest BCUT2D eigenvalue weighted by Gasteiger charge is 2.19. The number of nitrogens with one attached hydrogen (secondary N) is 1. The predicted molar refractivity (Wildman–Crippen MR) is 89.0 cm³/mol. The van der Waals surface area contributed by atoms with E-state index >= 15 is 0 Å². The van der Waals surface area contributed by atoms with Crippen LogP contribution in [0, 0.1) is 0 Å². The number of benzene rings is 1. The fraction of sp³-hybridized carbons (Fsp3) is 0.294. The van der Waals surface area contributed by atoms with Gasteiger partial charge in [-0.1, -0.05) is 6.07 Å². The third-order valence-electron chi connectivity index (χ3n) is 3.72. The number of methoxy groups -OCH3 is 2. The molecule has 2 rings (SSSR count). The van der Waals surface area contributed by atoms with E-state index in [-0.39, 0.29) is 12.1 Å². The minimum atomic E-state index is -0.243. The van der Waals surface area contributed by atoms with Crippen LogP contribution in [0.3, 0.4) is 0 Å². The van der Waals surface area contributed by atoms with Crippen LogP contribution in [0.4, 0.5) is 10.5 Å². The molecule has 122 valence electrons. The number of hydrogen-bond acceptors (Lipinski definition) is 4. The lowest BCUT2D eigenvalue weighted by atomic mass is 10.1. The molecule has 6 nitrogen and oxygen atoms in total. The molecular formula is C17H21N3O3. The van der Waals surface area contributed by atoms with Crippen LogP contribution < -0.4 is 14.8 Å². The maximum Gasteiger partial charge on any atom is 0.322 e. The number of rotatable bonds is 5. The van der Waals surface area contributed by atoms with Gasteiger partial charge in [0.1, 0.15) is 11.5 Å². The first-order chi connectivity index (χ1) is 11.1. The summed E-state index contributed by atoms with van der Waals surface area (Å²) < 4.78 is 10.5. The molecule has 0 spiro atoms. The number of ether oxygens (including phenoxy) is 2. The number of hydrogen-bond donors (Lipinski definition) is 1. The molecule has 0 bridgehead atoms. The Bertz CT molecular complexity index is 661. The van der Waals surface area contributed by atoms with Crippen LogP contribution in [-0.2, 0) is 0 Å². The summed E-state index contributed by atoms with van der Waals surface area (Å²) in [6.45, 7) is 1.94. The van der Waals surface area contributed by atoms with Crippen molar-refractivity contribution < 1.29 is 14.3 Å². The highest BCUT2D eigenvalue weighted by molar-refractivity contribution is 5.91. The molecule has 2 amide bonds. The van der Waals surface area contributed by atoms with E-state index in [1.54, 1.807) is 56.8 Å². The molecule has 2 aromatic rings. The Labute approximate surface area is 136 Å². The molecule has 6 heteroatoms. The molecule has 0 aliphatic heterocycles. The van der Waals surface area contributed by atoms with E-state index in [4.69, 9.17) is 9.47 Å². The normalized spacial score (nSPS) is 11.5. The van der Waals surface area contributed by atoms with Gasteiger partial charge in [-0.3, -0.25) is 4.98 Å². The largest absolute Gasteiger partial charge is 0.497 e. The van der Waals surface area contributed by atoms with Crippen LogP contribution in [0.15, 0.2) is 42.7 Å². The van der Waals surface area contributed by atoms with Crippen LogP contribution in [0.2, 0.25) is 0 Å². The van der Waals surface area contributed by atoms with Crippen molar-refractivity contribution in [2.45, 2.75) is 13.0 Å². The van der Waals surface area contributed by atoms with Gasteiger partial charge in [-0.2, -0.15) is 0 Å². The van der Waals surface area contributed by atoms with Crippen LogP contribution in [0.25, 0.3) is 0 Å². The van der Waals surface area contributed by atoms with Crippen molar-refractivity contribution >= 4 is 11.7 Å². The van der Waals surface area contributed by atoms with Gasteiger partial charge >= 0.3 is 6.03 Å². The molecule has 0 aliphatic rings. The van der Waals surface area contributed by atoms with E-state index in [0.717, 1.165) is 5.56 Å². The number of urea groups is 1. The molecule has 1 N–H and O–H groups in total. The number of amides is 2. The third-order valence-corrected chi connectivity index (χ3v) is 3.72. The lowest BCUT2D eigenvalue weighted by molar-refractivity contribution is 0.208. The number of anilines is 1. The first-order valence-electron chi connectivity index (χ1n) is 7.22.